The molecule has 0 fully saturated rings. The fourth-order valence-corrected chi connectivity index (χ4v) is 2.66. The number of methoxy groups -OCH3 is 1. The van der Waals surface area contributed by atoms with E-state index in [1.807, 2.05) is 20.0 Å². The second kappa shape index (κ2) is 4.96. The van der Waals surface area contributed by atoms with Gasteiger partial charge in [-0.25, -0.2) is 9.67 Å². The molecule has 0 aliphatic heterocycles. The number of nitrogen functional groups attached to an aromatic ring is 1. The van der Waals surface area contributed by atoms with Crippen LogP contribution in [-0.2, 0) is 13.5 Å². The van der Waals surface area contributed by atoms with E-state index in [4.69, 9.17) is 22.1 Å². The molecule has 0 aliphatic rings. The molecule has 3 aromatic rings. The van der Waals surface area contributed by atoms with Crippen LogP contribution in [0.3, 0.4) is 0 Å². The molecule has 110 valence electrons. The maximum absolute atomic E-state index is 6.32. The first-order valence-electron chi connectivity index (χ1n) is 6.60. The van der Waals surface area contributed by atoms with E-state index in [1.165, 1.54) is 0 Å². The molecule has 0 radical (unpaired) electrons. The zero-order valence-electron chi connectivity index (χ0n) is 12.1. The van der Waals surface area contributed by atoms with Crippen molar-refractivity contribution in [2.45, 2.75) is 13.3 Å². The summed E-state index contributed by atoms with van der Waals surface area (Å²) in [7, 11) is 3.48. The van der Waals surface area contributed by atoms with Gasteiger partial charge in [-0.1, -0.05) is 18.5 Å². The lowest BCUT2D eigenvalue weighted by molar-refractivity contribution is 0.414. The predicted octanol–water partition coefficient (Wildman–Crippen LogP) is 2.57. The van der Waals surface area contributed by atoms with E-state index in [0.717, 1.165) is 29.0 Å². The number of imidazole rings is 1. The maximum atomic E-state index is 6.32. The highest BCUT2D eigenvalue weighted by Gasteiger charge is 2.19. The Morgan fingerprint density at radius 2 is 2.14 bits per heavy atom. The number of anilines is 1. The molecular formula is C14H16ClN5O. The number of fused-ring (bicyclic) bond motifs is 1. The van der Waals surface area contributed by atoms with Crippen LogP contribution in [0.1, 0.15) is 12.6 Å². The van der Waals surface area contributed by atoms with Gasteiger partial charge in [-0.3, -0.25) is 4.57 Å². The van der Waals surface area contributed by atoms with Gasteiger partial charge in [0.05, 0.1) is 23.5 Å². The molecule has 0 saturated heterocycles. The quantitative estimate of drug-likeness (QED) is 0.807. The smallest absolute Gasteiger partial charge is 0.207 e. The lowest BCUT2D eigenvalue weighted by atomic mass is 10.3. The molecule has 2 N–H and O–H groups in total. The summed E-state index contributed by atoms with van der Waals surface area (Å²) in [4.78, 5) is 4.44. The lowest BCUT2D eigenvalue weighted by Crippen LogP contribution is -2.05. The van der Waals surface area contributed by atoms with Gasteiger partial charge >= 0.3 is 0 Å². The van der Waals surface area contributed by atoms with E-state index in [9.17, 15) is 0 Å². The maximum Gasteiger partial charge on any atom is 0.207 e. The Morgan fingerprint density at radius 1 is 1.38 bits per heavy atom. The number of nitrogens with two attached hydrogens (primary N) is 1. The Hall–Kier alpha value is -2.21. The van der Waals surface area contributed by atoms with Crippen molar-refractivity contribution in [1.29, 1.82) is 0 Å². The van der Waals surface area contributed by atoms with Crippen molar-refractivity contribution in [1.82, 2.24) is 19.3 Å². The average molecular weight is 306 g/mol. The number of hydrogen-bond donors (Lipinski definition) is 1. The first-order valence-corrected chi connectivity index (χ1v) is 6.98. The van der Waals surface area contributed by atoms with Gasteiger partial charge in [0.15, 0.2) is 5.65 Å². The Morgan fingerprint density at radius 3 is 2.81 bits per heavy atom. The van der Waals surface area contributed by atoms with Crippen molar-refractivity contribution in [3.05, 3.63) is 28.9 Å². The van der Waals surface area contributed by atoms with Gasteiger partial charge in [-0.2, -0.15) is 5.10 Å². The van der Waals surface area contributed by atoms with Crippen molar-refractivity contribution in [2.75, 3.05) is 12.8 Å². The van der Waals surface area contributed by atoms with Crippen LogP contribution in [0.4, 0.5) is 5.95 Å². The number of benzene rings is 1. The average Bonchev–Trinajstić information content (AvgIpc) is 2.96. The molecule has 0 aliphatic carbocycles. The number of halogens is 1. The fraction of sp³-hybridized carbons (Fsp3) is 0.286. The largest absolute Gasteiger partial charge is 0.497 e. The molecule has 0 saturated carbocycles. The van der Waals surface area contributed by atoms with E-state index >= 15 is 0 Å². The molecule has 6 nitrogen and oxygen atoms in total. The SMILES string of the molecule is CCc1nn(C)c2c1nc(N)n2-c1cc(OC)ccc1Cl. The third-order valence-electron chi connectivity index (χ3n) is 3.46. The Balaban J connectivity index is 2.35. The molecule has 0 spiro atoms. The Kier molecular flexibility index (Phi) is 3.25. The topological polar surface area (TPSA) is 70.9 Å². The number of aromatic nitrogens is 4. The van der Waals surface area contributed by atoms with E-state index in [0.29, 0.717) is 16.7 Å². The molecule has 0 bridgehead atoms. The number of aryl methyl sites for hydroxylation is 2. The molecule has 0 amide bonds. The zero-order chi connectivity index (χ0) is 15.1. The van der Waals surface area contributed by atoms with Crippen LogP contribution >= 0.6 is 11.6 Å². The van der Waals surface area contributed by atoms with Crippen LogP contribution in [-0.4, -0.2) is 26.4 Å². The van der Waals surface area contributed by atoms with Crippen LogP contribution in [0.25, 0.3) is 16.9 Å². The molecule has 0 unspecified atom stereocenters. The van der Waals surface area contributed by atoms with Crippen molar-refractivity contribution < 1.29 is 4.74 Å². The van der Waals surface area contributed by atoms with Gasteiger partial charge in [0.1, 0.15) is 11.3 Å². The molecule has 7 heteroatoms. The first kappa shape index (κ1) is 13.8. The summed E-state index contributed by atoms with van der Waals surface area (Å²) in [6, 6.07) is 5.41. The van der Waals surface area contributed by atoms with Crippen molar-refractivity contribution in [3.63, 3.8) is 0 Å². The van der Waals surface area contributed by atoms with Gasteiger partial charge in [0, 0.05) is 13.1 Å². The molecule has 1 aromatic carbocycles. The summed E-state index contributed by atoms with van der Waals surface area (Å²) in [5.41, 5.74) is 9.35. The summed E-state index contributed by atoms with van der Waals surface area (Å²) in [5.74, 6) is 1.08. The highest BCUT2D eigenvalue weighted by molar-refractivity contribution is 6.32. The number of rotatable bonds is 3. The van der Waals surface area contributed by atoms with Crippen molar-refractivity contribution in [3.8, 4) is 11.4 Å². The van der Waals surface area contributed by atoms with Crippen molar-refractivity contribution in [2.24, 2.45) is 7.05 Å². The summed E-state index contributed by atoms with van der Waals surface area (Å²) in [6.07, 6.45) is 0.791. The first-order chi connectivity index (χ1) is 10.1. The van der Waals surface area contributed by atoms with Crippen LogP contribution in [0.5, 0.6) is 5.75 Å². The third-order valence-corrected chi connectivity index (χ3v) is 3.78. The number of nitrogens with zero attached hydrogens (tertiary/aromatic N) is 4. The highest BCUT2D eigenvalue weighted by atomic mass is 35.5. The molecule has 21 heavy (non-hydrogen) atoms. The van der Waals surface area contributed by atoms with E-state index in [-0.39, 0.29) is 0 Å². The minimum atomic E-state index is 0.378. The van der Waals surface area contributed by atoms with Crippen molar-refractivity contribution >= 4 is 28.7 Å². The number of hydrogen-bond acceptors (Lipinski definition) is 4. The monoisotopic (exact) mass is 305 g/mol. The fourth-order valence-electron chi connectivity index (χ4n) is 2.46. The zero-order valence-corrected chi connectivity index (χ0v) is 12.8. The molecule has 2 aromatic heterocycles. The van der Waals surface area contributed by atoms with E-state index in [2.05, 4.69) is 10.1 Å². The number of ether oxygens (including phenoxy) is 1. The summed E-state index contributed by atoms with van der Waals surface area (Å²) < 4.78 is 8.83. The highest BCUT2D eigenvalue weighted by Crippen LogP contribution is 2.31. The Bertz CT molecular complexity index is 820. The van der Waals surface area contributed by atoms with Gasteiger partial charge in [-0.05, 0) is 18.6 Å². The predicted molar refractivity (Wildman–Crippen MR) is 83.2 cm³/mol. The van der Waals surface area contributed by atoms with Crippen LogP contribution in [0, 0.1) is 0 Å². The minimum absolute atomic E-state index is 0.378. The molecular weight excluding hydrogens is 290 g/mol. The second-order valence-corrected chi connectivity index (χ2v) is 5.13. The Labute approximate surface area is 127 Å². The van der Waals surface area contributed by atoms with Gasteiger partial charge < -0.3 is 10.5 Å². The normalized spacial score (nSPS) is 11.2. The third kappa shape index (κ3) is 2.03. The van der Waals surface area contributed by atoms with Gasteiger partial charge in [0.2, 0.25) is 5.95 Å². The van der Waals surface area contributed by atoms with Crippen LogP contribution < -0.4 is 10.5 Å². The second-order valence-electron chi connectivity index (χ2n) is 4.72. The van der Waals surface area contributed by atoms with E-state index < -0.39 is 0 Å². The molecule has 0 atom stereocenters. The summed E-state index contributed by atoms with van der Waals surface area (Å²) >= 11 is 6.32. The van der Waals surface area contributed by atoms with Crippen LogP contribution in [0.15, 0.2) is 18.2 Å². The van der Waals surface area contributed by atoms with Gasteiger partial charge in [0.25, 0.3) is 0 Å². The van der Waals surface area contributed by atoms with Crippen LogP contribution in [0.2, 0.25) is 5.02 Å². The molecule has 3 rings (SSSR count). The summed E-state index contributed by atoms with van der Waals surface area (Å²) in [5, 5.41) is 5.04. The lowest BCUT2D eigenvalue weighted by Gasteiger charge is -2.10. The summed E-state index contributed by atoms with van der Waals surface area (Å²) in [6.45, 7) is 2.04. The van der Waals surface area contributed by atoms with E-state index in [1.54, 1.807) is 28.5 Å². The van der Waals surface area contributed by atoms with Gasteiger partial charge in [-0.15, -0.1) is 0 Å². The minimum Gasteiger partial charge on any atom is -0.497 e. The molecule has 2 heterocycles. The standard InChI is InChI=1S/C14H16ClN5O/c1-4-10-12-13(19(2)18-10)20(14(16)17-12)11-7-8(21-3)5-6-9(11)15/h5-7H,4H2,1-3H3,(H2,16,17).